The lowest BCUT2D eigenvalue weighted by Crippen LogP contribution is -2.66. The number of nitrogens with zero attached hydrogens (tertiary/aromatic N) is 4. The Morgan fingerprint density at radius 2 is 1.70 bits per heavy atom. The minimum atomic E-state index is -0.980. The van der Waals surface area contributed by atoms with Crippen LogP contribution in [0.15, 0.2) is 67.1 Å². The van der Waals surface area contributed by atoms with Crippen molar-refractivity contribution in [1.82, 2.24) is 9.58 Å². The lowest BCUT2D eigenvalue weighted by Gasteiger charge is -2.51. The first-order chi connectivity index (χ1) is 22.3. The number of pyridine rings is 1. The summed E-state index contributed by atoms with van der Waals surface area (Å²) in [5.41, 5.74) is 1.58. The van der Waals surface area contributed by atoms with Gasteiger partial charge in [-0.15, -0.1) is 0 Å². The molecule has 1 amide bonds. The zero-order valence-electron chi connectivity index (χ0n) is 24.6. The van der Waals surface area contributed by atoms with E-state index in [1.807, 2.05) is 34.2 Å². The van der Waals surface area contributed by atoms with Crippen molar-refractivity contribution in [1.29, 1.82) is 0 Å². The normalized spacial score (nSPS) is 21.9. The quantitative estimate of drug-likeness (QED) is 0.332. The largest absolute Gasteiger partial charge is 0.519 e. The number of ether oxygens (including phenoxy) is 3. The van der Waals surface area contributed by atoms with Crippen molar-refractivity contribution in [3.8, 4) is 5.75 Å². The van der Waals surface area contributed by atoms with E-state index >= 15 is 4.39 Å². The molecule has 0 saturated carbocycles. The van der Waals surface area contributed by atoms with Crippen LogP contribution >= 0.6 is 0 Å². The molecule has 2 aromatic heterocycles. The van der Waals surface area contributed by atoms with E-state index in [4.69, 9.17) is 23.0 Å². The van der Waals surface area contributed by atoms with Crippen LogP contribution in [-0.2, 0) is 16.1 Å². The molecular formula is C32H28F2N4O8. The summed E-state index contributed by atoms with van der Waals surface area (Å²) in [7, 11) is 0. The average molecular weight is 635 g/mol. The van der Waals surface area contributed by atoms with Crippen LogP contribution in [-0.4, -0.2) is 61.2 Å². The Bertz CT molecular complexity index is 1990. The number of morpholine rings is 2. The van der Waals surface area contributed by atoms with Crippen LogP contribution in [0.4, 0.5) is 14.5 Å². The van der Waals surface area contributed by atoms with Crippen molar-refractivity contribution in [2.24, 2.45) is 0 Å². The SMILES string of the molecule is Cc1oc(=O)oc1COc1c2n(ccc1=O)N([C@@H]1c3ccccc3N3CCOCC3c3c1ccc(F)c3F)[C@@H]1COCCN1C2=O. The molecule has 12 nitrogen and oxygen atoms in total. The summed E-state index contributed by atoms with van der Waals surface area (Å²) in [6.07, 6.45) is 0.782. The lowest BCUT2D eigenvalue weighted by atomic mass is 9.91. The Labute approximate surface area is 259 Å². The van der Waals surface area contributed by atoms with Gasteiger partial charge in [0.1, 0.15) is 18.8 Å². The van der Waals surface area contributed by atoms with Crippen molar-refractivity contribution in [2.45, 2.75) is 31.8 Å². The Morgan fingerprint density at radius 3 is 2.50 bits per heavy atom. The zero-order chi connectivity index (χ0) is 31.7. The Balaban J connectivity index is 1.37. The predicted octanol–water partition coefficient (Wildman–Crippen LogP) is 2.99. The van der Waals surface area contributed by atoms with Crippen molar-refractivity contribution in [3.63, 3.8) is 0 Å². The standard InChI is InChI=1S/C32H28F2N4O8/c1-17-24(46-32(41)45-17)15-44-30-23(39)8-9-37-29(30)31(40)36-11-13-43-16-25(36)38(37)28-18-4-2-3-5-21(18)35-10-12-42-14-22(35)26-19(28)6-7-20(33)27(26)34/h2-9,22,25,28H,10-16H2,1H3/t22?,25-,28-/m1/s1. The third-order valence-electron chi connectivity index (χ3n) is 9.07. The number of para-hydroxylation sites is 1. The minimum absolute atomic E-state index is 0.0685. The number of rotatable bonds is 4. The highest BCUT2D eigenvalue weighted by atomic mass is 19.2. The fourth-order valence-electron chi connectivity index (χ4n) is 7.03. The van der Waals surface area contributed by atoms with Gasteiger partial charge < -0.3 is 32.8 Å². The number of carbonyl (C=O) groups excluding carboxylic acids is 1. The van der Waals surface area contributed by atoms with Gasteiger partial charge in [0.15, 0.2) is 34.6 Å². The summed E-state index contributed by atoms with van der Waals surface area (Å²) in [5.74, 6) is -3.35. The van der Waals surface area contributed by atoms with Crippen LogP contribution in [0.3, 0.4) is 0 Å². The van der Waals surface area contributed by atoms with E-state index in [1.165, 1.54) is 19.2 Å². The number of amides is 1. The second kappa shape index (κ2) is 10.8. The van der Waals surface area contributed by atoms with Gasteiger partial charge in [0.25, 0.3) is 5.91 Å². The fourth-order valence-corrected chi connectivity index (χ4v) is 7.03. The van der Waals surface area contributed by atoms with E-state index in [0.29, 0.717) is 18.7 Å². The Kier molecular flexibility index (Phi) is 6.72. The average Bonchev–Trinajstić information content (AvgIpc) is 3.33. The maximum Gasteiger partial charge on any atom is 0.519 e. The summed E-state index contributed by atoms with van der Waals surface area (Å²) in [5, 5.41) is 1.86. The van der Waals surface area contributed by atoms with Gasteiger partial charge in [0, 0.05) is 42.2 Å². The van der Waals surface area contributed by atoms with E-state index < -0.39 is 47.0 Å². The van der Waals surface area contributed by atoms with E-state index in [0.717, 1.165) is 17.3 Å². The van der Waals surface area contributed by atoms with Gasteiger partial charge in [0.05, 0.1) is 32.5 Å². The van der Waals surface area contributed by atoms with Gasteiger partial charge in [-0.3, -0.25) is 19.3 Å². The topological polar surface area (TPSA) is 120 Å². The first-order valence-electron chi connectivity index (χ1n) is 14.9. The molecule has 3 atom stereocenters. The van der Waals surface area contributed by atoms with Gasteiger partial charge in [-0.25, -0.2) is 13.6 Å². The van der Waals surface area contributed by atoms with E-state index in [-0.39, 0.29) is 61.5 Å². The molecule has 2 aromatic carbocycles. The number of hydrogen-bond donors (Lipinski definition) is 0. The number of aromatic nitrogens is 1. The van der Waals surface area contributed by atoms with Crippen molar-refractivity contribution < 1.29 is 36.6 Å². The van der Waals surface area contributed by atoms with Gasteiger partial charge in [-0.1, -0.05) is 24.3 Å². The van der Waals surface area contributed by atoms with E-state index in [2.05, 4.69) is 0 Å². The number of fused-ring (bicyclic) bond motifs is 7. The molecule has 0 radical (unpaired) electrons. The molecular weight excluding hydrogens is 606 g/mol. The van der Waals surface area contributed by atoms with Crippen LogP contribution in [0.5, 0.6) is 5.75 Å². The second-order valence-corrected chi connectivity index (χ2v) is 11.5. The molecule has 0 bridgehead atoms. The molecule has 2 fully saturated rings. The summed E-state index contributed by atoms with van der Waals surface area (Å²) in [6, 6.07) is 10.2. The lowest BCUT2D eigenvalue weighted by molar-refractivity contribution is -0.0198. The van der Waals surface area contributed by atoms with Crippen LogP contribution in [0.25, 0.3) is 0 Å². The minimum Gasteiger partial charge on any atom is -0.479 e. The zero-order valence-corrected chi connectivity index (χ0v) is 24.6. The summed E-state index contributed by atoms with van der Waals surface area (Å²) in [6.45, 7) is 2.75. The van der Waals surface area contributed by atoms with Crippen LogP contribution in [0, 0.1) is 18.6 Å². The smallest absolute Gasteiger partial charge is 0.479 e. The summed E-state index contributed by atoms with van der Waals surface area (Å²) < 4.78 is 60.1. The molecule has 4 aliphatic heterocycles. The van der Waals surface area contributed by atoms with Crippen molar-refractivity contribution >= 4 is 11.6 Å². The molecule has 0 aliphatic carbocycles. The fraction of sp³-hybridized carbons (Fsp3) is 0.344. The van der Waals surface area contributed by atoms with Gasteiger partial charge >= 0.3 is 5.82 Å². The van der Waals surface area contributed by atoms with Crippen LogP contribution in [0.2, 0.25) is 0 Å². The number of carbonyl (C=O) groups is 1. The first kappa shape index (κ1) is 28.5. The molecule has 4 aliphatic rings. The highest BCUT2D eigenvalue weighted by Gasteiger charge is 2.48. The van der Waals surface area contributed by atoms with Crippen molar-refractivity contribution in [2.75, 3.05) is 49.4 Å². The number of hydrogen-bond acceptors (Lipinski definition) is 10. The number of benzene rings is 2. The van der Waals surface area contributed by atoms with Gasteiger partial charge in [-0.2, -0.15) is 0 Å². The molecule has 8 rings (SSSR count). The van der Waals surface area contributed by atoms with E-state index in [9.17, 15) is 18.8 Å². The molecule has 238 valence electrons. The third-order valence-corrected chi connectivity index (χ3v) is 9.07. The highest BCUT2D eigenvalue weighted by Crippen LogP contribution is 2.48. The van der Waals surface area contributed by atoms with E-state index in [1.54, 1.807) is 15.6 Å². The van der Waals surface area contributed by atoms with Crippen LogP contribution in [0.1, 0.15) is 50.8 Å². The van der Waals surface area contributed by atoms with Gasteiger partial charge in [0.2, 0.25) is 5.43 Å². The molecule has 1 unspecified atom stereocenters. The Hall–Kier alpha value is -4.95. The molecule has 2 saturated heterocycles. The highest BCUT2D eigenvalue weighted by molar-refractivity contribution is 5.96. The maximum absolute atomic E-state index is 16.0. The molecule has 0 spiro atoms. The molecule has 14 heteroatoms. The number of halogens is 2. The summed E-state index contributed by atoms with van der Waals surface area (Å²) >= 11 is 0. The molecule has 46 heavy (non-hydrogen) atoms. The van der Waals surface area contributed by atoms with Crippen LogP contribution < -0.4 is 25.9 Å². The molecule has 4 aromatic rings. The van der Waals surface area contributed by atoms with Gasteiger partial charge in [-0.05, 0) is 24.6 Å². The Morgan fingerprint density at radius 1 is 0.913 bits per heavy atom. The molecule has 6 heterocycles. The second-order valence-electron chi connectivity index (χ2n) is 11.5. The molecule has 0 N–H and O–H groups in total. The predicted molar refractivity (Wildman–Crippen MR) is 156 cm³/mol. The third kappa shape index (κ3) is 4.27. The number of anilines is 1. The maximum atomic E-state index is 16.0. The van der Waals surface area contributed by atoms with Crippen molar-refractivity contribution in [3.05, 3.63) is 115 Å². The first-order valence-corrected chi connectivity index (χ1v) is 14.9. The number of aryl methyl sites for hydroxylation is 1. The summed E-state index contributed by atoms with van der Waals surface area (Å²) in [4.78, 5) is 42.7. The monoisotopic (exact) mass is 634 g/mol.